The van der Waals surface area contributed by atoms with Gasteiger partial charge in [0.1, 0.15) is 6.33 Å². The summed E-state index contributed by atoms with van der Waals surface area (Å²) >= 11 is 0. The van der Waals surface area contributed by atoms with Crippen molar-refractivity contribution in [3.05, 3.63) is 18.2 Å². The molecule has 0 spiro atoms. The Morgan fingerprint density at radius 2 is 2.64 bits per heavy atom. The number of rotatable bonds is 2. The number of ether oxygens (including phenoxy) is 1. The van der Waals surface area contributed by atoms with Crippen LogP contribution in [0.5, 0.6) is 0 Å². The van der Waals surface area contributed by atoms with E-state index in [0.717, 1.165) is 6.33 Å². The van der Waals surface area contributed by atoms with E-state index >= 15 is 0 Å². The summed E-state index contributed by atoms with van der Waals surface area (Å²) in [5.41, 5.74) is 0.0341. The largest absolute Gasteiger partial charge is 0.461 e. The predicted octanol–water partition coefficient (Wildman–Crippen LogP) is 0.297. The van der Waals surface area contributed by atoms with Crippen LogP contribution in [0.4, 0.5) is 0 Å². The van der Waals surface area contributed by atoms with Crippen LogP contribution in [0.3, 0.4) is 0 Å². The van der Waals surface area contributed by atoms with E-state index in [0.29, 0.717) is 4.73 Å². The smallest absolute Gasteiger partial charge is 0.360 e. The molecular weight excluding hydrogens is 148 g/mol. The Hall–Kier alpha value is -1.52. The van der Waals surface area contributed by atoms with Crippen molar-refractivity contribution in [2.24, 2.45) is 0 Å². The lowest BCUT2D eigenvalue weighted by molar-refractivity contribution is 0.0476. The Morgan fingerprint density at radius 1 is 1.91 bits per heavy atom. The van der Waals surface area contributed by atoms with E-state index in [2.05, 4.69) is 9.72 Å². The summed E-state index contributed by atoms with van der Waals surface area (Å²) in [7, 11) is 0. The third-order valence-electron chi connectivity index (χ3n) is 1.10. The molecule has 60 valence electrons. The Morgan fingerprint density at radius 3 is 3.09 bits per heavy atom. The molecule has 1 N–H and O–H groups in total. The van der Waals surface area contributed by atoms with Gasteiger partial charge in [-0.1, -0.05) is 0 Å². The SMILES string of the molecule is CCOC(=O)c1cncn1O. The highest BCUT2D eigenvalue weighted by molar-refractivity contribution is 5.87. The van der Waals surface area contributed by atoms with Crippen LogP contribution in [0, 0.1) is 0 Å². The Kier molecular flexibility index (Phi) is 2.10. The summed E-state index contributed by atoms with van der Waals surface area (Å²) in [6, 6.07) is 0. The molecule has 0 aliphatic carbocycles. The van der Waals surface area contributed by atoms with Gasteiger partial charge in [-0.2, -0.15) is 4.73 Å². The van der Waals surface area contributed by atoms with Gasteiger partial charge in [0.25, 0.3) is 0 Å². The summed E-state index contributed by atoms with van der Waals surface area (Å²) in [6.45, 7) is 1.97. The molecule has 0 aliphatic heterocycles. The normalized spacial score (nSPS) is 9.55. The van der Waals surface area contributed by atoms with E-state index in [9.17, 15) is 4.79 Å². The minimum Gasteiger partial charge on any atom is -0.461 e. The van der Waals surface area contributed by atoms with Crippen LogP contribution in [0.2, 0.25) is 0 Å². The molecule has 0 amide bonds. The van der Waals surface area contributed by atoms with Crippen molar-refractivity contribution >= 4 is 5.97 Å². The van der Waals surface area contributed by atoms with Gasteiger partial charge in [0.2, 0.25) is 0 Å². The lowest BCUT2D eigenvalue weighted by Gasteiger charge is -1.99. The van der Waals surface area contributed by atoms with Gasteiger partial charge >= 0.3 is 5.97 Å². The lowest BCUT2D eigenvalue weighted by Crippen LogP contribution is -2.09. The summed E-state index contributed by atoms with van der Waals surface area (Å²) in [5.74, 6) is -0.576. The molecule has 0 saturated heterocycles. The standard InChI is InChI=1S/C6H8N2O3/c1-2-11-6(9)5-3-7-4-8(5)10/h3-4,10H,2H2,1H3. The van der Waals surface area contributed by atoms with E-state index in [1.165, 1.54) is 6.20 Å². The predicted molar refractivity (Wildman–Crippen MR) is 35.4 cm³/mol. The average molecular weight is 156 g/mol. The number of esters is 1. The first-order valence-corrected chi connectivity index (χ1v) is 3.14. The van der Waals surface area contributed by atoms with Crippen molar-refractivity contribution in [1.29, 1.82) is 0 Å². The van der Waals surface area contributed by atoms with Gasteiger partial charge in [0.15, 0.2) is 5.69 Å². The number of aromatic nitrogens is 2. The molecule has 5 heteroatoms. The van der Waals surface area contributed by atoms with Crippen LogP contribution >= 0.6 is 0 Å². The van der Waals surface area contributed by atoms with Gasteiger partial charge in [-0.15, -0.1) is 0 Å². The topological polar surface area (TPSA) is 64.3 Å². The maximum Gasteiger partial charge on any atom is 0.360 e. The molecule has 11 heavy (non-hydrogen) atoms. The maximum absolute atomic E-state index is 10.9. The van der Waals surface area contributed by atoms with Crippen molar-refractivity contribution in [3.8, 4) is 0 Å². The van der Waals surface area contributed by atoms with Crippen molar-refractivity contribution in [2.75, 3.05) is 6.61 Å². The molecule has 0 atom stereocenters. The molecule has 1 heterocycles. The van der Waals surface area contributed by atoms with Crippen molar-refractivity contribution < 1.29 is 14.7 Å². The number of hydrogen-bond acceptors (Lipinski definition) is 4. The lowest BCUT2D eigenvalue weighted by atomic mass is 10.5. The quantitative estimate of drug-likeness (QED) is 0.494. The molecule has 1 aromatic heterocycles. The molecule has 5 nitrogen and oxygen atoms in total. The highest BCUT2D eigenvalue weighted by atomic mass is 16.5. The van der Waals surface area contributed by atoms with Crippen LogP contribution in [-0.4, -0.2) is 27.5 Å². The number of imidazole rings is 1. The number of hydrogen-bond donors (Lipinski definition) is 1. The second-order valence-electron chi connectivity index (χ2n) is 1.84. The minimum absolute atomic E-state index is 0.0341. The molecule has 0 radical (unpaired) electrons. The van der Waals surface area contributed by atoms with Crippen LogP contribution in [0.1, 0.15) is 17.4 Å². The number of carbonyl (C=O) groups is 1. The van der Waals surface area contributed by atoms with Crippen LogP contribution in [-0.2, 0) is 4.74 Å². The molecular formula is C6H8N2O3. The fourth-order valence-electron chi connectivity index (χ4n) is 0.640. The zero-order valence-corrected chi connectivity index (χ0v) is 6.02. The molecule has 0 bridgehead atoms. The van der Waals surface area contributed by atoms with Crippen molar-refractivity contribution in [3.63, 3.8) is 0 Å². The van der Waals surface area contributed by atoms with E-state index in [-0.39, 0.29) is 12.3 Å². The average Bonchev–Trinajstić information content (AvgIpc) is 2.36. The van der Waals surface area contributed by atoms with E-state index in [1.807, 2.05) is 0 Å². The molecule has 0 fully saturated rings. The summed E-state index contributed by atoms with van der Waals surface area (Å²) in [4.78, 5) is 14.4. The van der Waals surface area contributed by atoms with Crippen molar-refractivity contribution in [1.82, 2.24) is 9.71 Å². The molecule has 0 unspecified atom stereocenters. The highest BCUT2D eigenvalue weighted by Crippen LogP contribution is 1.97. The molecule has 0 saturated carbocycles. The van der Waals surface area contributed by atoms with Crippen LogP contribution in [0.15, 0.2) is 12.5 Å². The van der Waals surface area contributed by atoms with Crippen molar-refractivity contribution in [2.45, 2.75) is 6.92 Å². The van der Waals surface area contributed by atoms with Gasteiger partial charge in [-0.3, -0.25) is 0 Å². The zero-order valence-electron chi connectivity index (χ0n) is 6.02. The Labute approximate surface area is 63.2 Å². The first kappa shape index (κ1) is 7.59. The first-order valence-electron chi connectivity index (χ1n) is 3.14. The number of nitrogens with zero attached hydrogens (tertiary/aromatic N) is 2. The third kappa shape index (κ3) is 1.49. The summed E-state index contributed by atoms with van der Waals surface area (Å²) < 4.78 is 5.23. The summed E-state index contributed by atoms with van der Waals surface area (Å²) in [5, 5.41) is 8.90. The van der Waals surface area contributed by atoms with E-state index < -0.39 is 5.97 Å². The van der Waals surface area contributed by atoms with Gasteiger partial charge in [-0.25, -0.2) is 9.78 Å². The fourth-order valence-corrected chi connectivity index (χ4v) is 0.640. The van der Waals surface area contributed by atoms with Gasteiger partial charge in [0.05, 0.1) is 12.8 Å². The molecule has 0 aromatic carbocycles. The first-order chi connectivity index (χ1) is 5.25. The Bertz CT molecular complexity index is 256. The van der Waals surface area contributed by atoms with Crippen LogP contribution in [0.25, 0.3) is 0 Å². The number of carbonyl (C=O) groups excluding carboxylic acids is 1. The van der Waals surface area contributed by atoms with E-state index in [1.54, 1.807) is 6.92 Å². The molecule has 1 rings (SSSR count). The van der Waals surface area contributed by atoms with Gasteiger partial charge < -0.3 is 9.94 Å². The van der Waals surface area contributed by atoms with Crippen LogP contribution < -0.4 is 0 Å². The second kappa shape index (κ2) is 3.05. The van der Waals surface area contributed by atoms with Gasteiger partial charge in [0, 0.05) is 0 Å². The second-order valence-corrected chi connectivity index (χ2v) is 1.84. The minimum atomic E-state index is -0.576. The Balaban J connectivity index is 2.76. The highest BCUT2D eigenvalue weighted by Gasteiger charge is 2.11. The molecule has 1 aromatic rings. The summed E-state index contributed by atoms with van der Waals surface area (Å²) in [6.07, 6.45) is 2.35. The van der Waals surface area contributed by atoms with E-state index in [4.69, 9.17) is 5.21 Å². The monoisotopic (exact) mass is 156 g/mol. The third-order valence-corrected chi connectivity index (χ3v) is 1.10. The maximum atomic E-state index is 10.9. The fraction of sp³-hybridized carbons (Fsp3) is 0.333. The zero-order chi connectivity index (χ0) is 8.27. The van der Waals surface area contributed by atoms with Gasteiger partial charge in [-0.05, 0) is 6.92 Å². The molecule has 0 aliphatic rings.